The summed E-state index contributed by atoms with van der Waals surface area (Å²) in [5.74, 6) is 0.634. The van der Waals surface area contributed by atoms with Crippen LogP contribution >= 0.6 is 31.9 Å². The van der Waals surface area contributed by atoms with Crippen molar-refractivity contribution >= 4 is 31.9 Å². The van der Waals surface area contributed by atoms with E-state index in [2.05, 4.69) is 43.0 Å². The molecule has 0 aliphatic heterocycles. The highest BCUT2D eigenvalue weighted by molar-refractivity contribution is 9.11. The molecule has 1 heterocycles. The predicted molar refractivity (Wildman–Crippen MR) is 57.3 cm³/mol. The van der Waals surface area contributed by atoms with E-state index in [0.717, 1.165) is 8.95 Å². The maximum atomic E-state index is 5.34. The second-order valence-corrected chi connectivity index (χ2v) is 4.19. The number of ether oxygens (including phenoxy) is 1. The fourth-order valence-corrected chi connectivity index (χ4v) is 1.55. The highest BCUT2D eigenvalue weighted by atomic mass is 79.9. The lowest BCUT2D eigenvalue weighted by Crippen LogP contribution is -1.85. The topological polar surface area (TPSA) is 35.3 Å². The number of benzene rings is 1. The van der Waals surface area contributed by atoms with Crippen LogP contribution in [0.25, 0.3) is 0 Å². The van der Waals surface area contributed by atoms with Crippen molar-refractivity contribution in [3.05, 3.63) is 39.6 Å². The van der Waals surface area contributed by atoms with Gasteiger partial charge in [0.25, 0.3) is 0 Å². The minimum Gasteiger partial charge on any atom is -0.417 e. The quantitative estimate of drug-likeness (QED) is 0.845. The van der Waals surface area contributed by atoms with Gasteiger partial charge in [-0.15, -0.1) is 0 Å². The third kappa shape index (κ3) is 2.16. The van der Waals surface area contributed by atoms with Crippen molar-refractivity contribution in [2.45, 2.75) is 0 Å². The van der Waals surface area contributed by atoms with Crippen LogP contribution in [0.4, 0.5) is 0 Å². The van der Waals surface area contributed by atoms with E-state index in [1.165, 1.54) is 6.26 Å². The number of rotatable bonds is 2. The molecule has 14 heavy (non-hydrogen) atoms. The number of aromatic nitrogens is 1. The van der Waals surface area contributed by atoms with Crippen molar-refractivity contribution < 1.29 is 9.15 Å². The zero-order valence-electron chi connectivity index (χ0n) is 6.83. The molecule has 1 radical (unpaired) electrons. The van der Waals surface area contributed by atoms with Gasteiger partial charge in [-0.25, -0.2) is 0 Å². The van der Waals surface area contributed by atoms with Gasteiger partial charge in [-0.3, -0.25) is 0 Å². The average Bonchev–Trinajstić information content (AvgIpc) is 2.64. The Morgan fingerprint density at radius 1 is 1.36 bits per heavy atom. The lowest BCUT2D eigenvalue weighted by molar-refractivity contribution is 0.329. The summed E-state index contributed by atoms with van der Waals surface area (Å²) in [6.45, 7) is 0. The van der Waals surface area contributed by atoms with Crippen LogP contribution in [0.3, 0.4) is 0 Å². The van der Waals surface area contributed by atoms with Crippen LogP contribution in [0.15, 0.2) is 37.8 Å². The number of hydrogen-bond donors (Lipinski definition) is 0. The highest BCUT2D eigenvalue weighted by Crippen LogP contribution is 2.31. The average molecular weight is 318 g/mol. The van der Waals surface area contributed by atoms with Crippen LogP contribution < -0.4 is 4.74 Å². The Bertz CT molecular complexity index is 428. The fraction of sp³-hybridized carbons (Fsp3) is 0. The first kappa shape index (κ1) is 9.73. The largest absolute Gasteiger partial charge is 0.417 e. The molecule has 0 fully saturated rings. The highest BCUT2D eigenvalue weighted by Gasteiger charge is 2.06. The molecule has 5 heteroatoms. The first-order chi connectivity index (χ1) is 6.75. The number of oxazole rings is 1. The summed E-state index contributed by atoms with van der Waals surface area (Å²) in [4.78, 5) is 3.73. The van der Waals surface area contributed by atoms with Gasteiger partial charge in [-0.05, 0) is 34.1 Å². The van der Waals surface area contributed by atoms with Gasteiger partial charge in [0, 0.05) is 4.47 Å². The first-order valence-electron chi connectivity index (χ1n) is 3.70. The minimum atomic E-state index is 0.170. The molecular weight excluding hydrogens is 314 g/mol. The smallest absolute Gasteiger partial charge is 0.399 e. The minimum absolute atomic E-state index is 0.170. The van der Waals surface area contributed by atoms with Crippen LogP contribution in [0.5, 0.6) is 11.8 Å². The van der Waals surface area contributed by atoms with Gasteiger partial charge in [0.05, 0.1) is 4.47 Å². The number of nitrogens with zero attached hydrogens (tertiary/aromatic N) is 1. The molecule has 2 rings (SSSR count). The SMILES string of the molecule is Brc1ccc(Br)c(Oc2n[c]co2)c1. The summed E-state index contributed by atoms with van der Waals surface area (Å²) in [6, 6.07) is 5.58. The molecule has 0 unspecified atom stereocenters. The molecule has 0 saturated carbocycles. The van der Waals surface area contributed by atoms with Gasteiger partial charge in [0.15, 0.2) is 0 Å². The molecular formula is C9H4Br2NO2. The zero-order chi connectivity index (χ0) is 9.97. The molecule has 1 aromatic heterocycles. The molecule has 0 atom stereocenters. The standard InChI is InChI=1S/C9H4Br2NO2/c10-6-1-2-7(11)8(5-6)14-9-12-3-4-13-9/h1-2,4-5H. The molecule has 1 aromatic carbocycles. The van der Waals surface area contributed by atoms with E-state index < -0.39 is 0 Å². The third-order valence-electron chi connectivity index (χ3n) is 1.46. The normalized spacial score (nSPS) is 10.1. The summed E-state index contributed by atoms with van der Waals surface area (Å²) < 4.78 is 12.0. The number of halogens is 2. The Labute approximate surface area is 97.4 Å². The monoisotopic (exact) mass is 316 g/mol. The summed E-state index contributed by atoms with van der Waals surface area (Å²) in [6.07, 6.45) is 4.02. The molecule has 71 valence electrons. The van der Waals surface area contributed by atoms with E-state index >= 15 is 0 Å². The second-order valence-electron chi connectivity index (χ2n) is 2.42. The van der Waals surface area contributed by atoms with Crippen molar-refractivity contribution in [3.63, 3.8) is 0 Å². The summed E-state index contributed by atoms with van der Waals surface area (Å²) >= 11 is 6.69. The van der Waals surface area contributed by atoms with E-state index in [1.54, 1.807) is 0 Å². The maximum absolute atomic E-state index is 5.34. The Hall–Kier alpha value is -0.810. The van der Waals surface area contributed by atoms with Crippen molar-refractivity contribution in [3.8, 4) is 11.8 Å². The predicted octanol–water partition coefficient (Wildman–Crippen LogP) is 3.79. The molecule has 0 spiro atoms. The molecule has 0 aliphatic rings. The Kier molecular flexibility index (Phi) is 2.88. The Morgan fingerprint density at radius 2 is 2.21 bits per heavy atom. The van der Waals surface area contributed by atoms with Gasteiger partial charge in [0.1, 0.15) is 18.2 Å². The maximum Gasteiger partial charge on any atom is 0.399 e. The summed E-state index contributed by atoms with van der Waals surface area (Å²) in [5.41, 5.74) is 0. The van der Waals surface area contributed by atoms with Crippen LogP contribution in [0, 0.1) is 6.20 Å². The van der Waals surface area contributed by atoms with Crippen LogP contribution in [-0.2, 0) is 0 Å². The first-order valence-corrected chi connectivity index (χ1v) is 5.29. The van der Waals surface area contributed by atoms with Gasteiger partial charge in [0.2, 0.25) is 0 Å². The summed E-state index contributed by atoms with van der Waals surface area (Å²) in [7, 11) is 0. The zero-order valence-corrected chi connectivity index (χ0v) is 10.0. The van der Waals surface area contributed by atoms with Crippen LogP contribution in [0.2, 0.25) is 0 Å². The summed E-state index contributed by atoms with van der Waals surface area (Å²) in [5, 5.41) is 0. The van der Waals surface area contributed by atoms with Crippen LogP contribution in [0.1, 0.15) is 0 Å². The van der Waals surface area contributed by atoms with E-state index in [0.29, 0.717) is 5.75 Å². The van der Waals surface area contributed by atoms with Gasteiger partial charge >= 0.3 is 6.08 Å². The fourth-order valence-electron chi connectivity index (χ4n) is 0.879. The molecule has 0 N–H and O–H groups in total. The number of hydrogen-bond acceptors (Lipinski definition) is 3. The van der Waals surface area contributed by atoms with Crippen molar-refractivity contribution in [2.75, 3.05) is 0 Å². The van der Waals surface area contributed by atoms with Crippen molar-refractivity contribution in [2.24, 2.45) is 0 Å². The van der Waals surface area contributed by atoms with Crippen molar-refractivity contribution in [1.29, 1.82) is 0 Å². The molecule has 0 amide bonds. The Morgan fingerprint density at radius 3 is 2.93 bits per heavy atom. The molecule has 0 bridgehead atoms. The van der Waals surface area contributed by atoms with E-state index in [1.807, 2.05) is 18.2 Å². The Balaban J connectivity index is 2.28. The lowest BCUT2D eigenvalue weighted by Gasteiger charge is -2.03. The van der Waals surface area contributed by atoms with E-state index in [9.17, 15) is 0 Å². The van der Waals surface area contributed by atoms with E-state index in [4.69, 9.17) is 9.15 Å². The molecule has 0 aliphatic carbocycles. The van der Waals surface area contributed by atoms with Crippen LogP contribution in [-0.4, -0.2) is 4.98 Å². The third-order valence-corrected chi connectivity index (χ3v) is 2.61. The lowest BCUT2D eigenvalue weighted by atomic mass is 10.3. The second kappa shape index (κ2) is 4.14. The molecule has 3 nitrogen and oxygen atoms in total. The molecule has 0 saturated heterocycles. The van der Waals surface area contributed by atoms with Gasteiger partial charge < -0.3 is 9.15 Å². The molecule has 2 aromatic rings. The van der Waals surface area contributed by atoms with Gasteiger partial charge in [-0.1, -0.05) is 15.9 Å². The van der Waals surface area contributed by atoms with Gasteiger partial charge in [-0.2, -0.15) is 4.98 Å². The van der Waals surface area contributed by atoms with Crippen molar-refractivity contribution in [1.82, 2.24) is 4.98 Å². The van der Waals surface area contributed by atoms with E-state index in [-0.39, 0.29) is 6.08 Å².